The molecule has 4 aliphatic heterocycles. The highest BCUT2D eigenvalue weighted by Crippen LogP contribution is 2.40. The molecule has 15 heteroatoms. The largest absolute Gasteiger partial charge is 0.340 e. The fourth-order valence-electron chi connectivity index (χ4n) is 8.14. The molecule has 2 saturated heterocycles. The van der Waals surface area contributed by atoms with Crippen molar-refractivity contribution in [3.8, 4) is 5.00 Å². The van der Waals surface area contributed by atoms with Crippen LogP contribution in [-0.2, 0) is 20.9 Å². The van der Waals surface area contributed by atoms with Crippen molar-refractivity contribution in [1.29, 1.82) is 0 Å². The molecule has 0 saturated carbocycles. The van der Waals surface area contributed by atoms with E-state index in [-0.39, 0.29) is 36.5 Å². The Hall–Kier alpha value is -4.37. The Bertz CT molecular complexity index is 2230. The van der Waals surface area contributed by atoms with Gasteiger partial charge in [0.2, 0.25) is 17.7 Å². The van der Waals surface area contributed by atoms with Gasteiger partial charge < -0.3 is 9.80 Å². The minimum atomic E-state index is -0.605. The highest BCUT2D eigenvalue weighted by molar-refractivity contribution is 7.99. The topological polar surface area (TPSA) is 133 Å². The number of imide groups is 1. The number of halogens is 1. The highest BCUT2D eigenvalue weighted by Gasteiger charge is 2.40. The fourth-order valence-corrected chi connectivity index (χ4v) is 10.6. The third kappa shape index (κ3) is 7.56. The van der Waals surface area contributed by atoms with E-state index in [2.05, 4.69) is 44.9 Å². The van der Waals surface area contributed by atoms with Crippen molar-refractivity contribution in [2.75, 3.05) is 38.5 Å². The van der Waals surface area contributed by atoms with Crippen molar-refractivity contribution in [3.63, 3.8) is 0 Å². The van der Waals surface area contributed by atoms with Crippen LogP contribution in [0.2, 0.25) is 5.02 Å². The van der Waals surface area contributed by atoms with E-state index in [1.165, 1.54) is 4.88 Å². The SMILES string of the molecule is Cc1sc2c(c1C)C(c1ccc(Cl)cc1)=N[C@@H](CC(=O)N1CCN(CCCCCSc3cccc4c3CN(C3CCC(=O)NC3=O)C4=O)CC1)c1nnc(C)n1-2. The monoisotopic (exact) mass is 812 g/mol. The number of aryl methyl sites for hydroxylation is 2. The molecular weight excluding hydrogens is 768 g/mol. The third-order valence-corrected chi connectivity index (χ3v) is 14.0. The number of carbonyl (C=O) groups is 4. The molecule has 4 aliphatic rings. The van der Waals surface area contributed by atoms with Gasteiger partial charge in [-0.2, -0.15) is 0 Å². The van der Waals surface area contributed by atoms with Crippen LogP contribution in [0.5, 0.6) is 0 Å². The number of hydrogen-bond donors (Lipinski definition) is 1. The van der Waals surface area contributed by atoms with Crippen molar-refractivity contribution in [2.24, 2.45) is 4.99 Å². The highest BCUT2D eigenvalue weighted by atomic mass is 35.5. The Morgan fingerprint density at radius 2 is 1.77 bits per heavy atom. The second kappa shape index (κ2) is 16.2. The van der Waals surface area contributed by atoms with E-state index in [0.29, 0.717) is 42.5 Å². The second-order valence-corrected chi connectivity index (χ2v) is 17.7. The second-order valence-electron chi connectivity index (χ2n) is 14.9. The lowest BCUT2D eigenvalue weighted by Crippen LogP contribution is -2.52. The van der Waals surface area contributed by atoms with Crippen LogP contribution < -0.4 is 5.32 Å². The van der Waals surface area contributed by atoms with Crippen molar-refractivity contribution in [2.45, 2.75) is 82.8 Å². The Kier molecular flexibility index (Phi) is 11.2. The summed E-state index contributed by atoms with van der Waals surface area (Å²) in [6, 6.07) is 12.5. The van der Waals surface area contributed by atoms with Gasteiger partial charge in [0.05, 0.1) is 12.1 Å². The summed E-state index contributed by atoms with van der Waals surface area (Å²) >= 11 is 9.73. The van der Waals surface area contributed by atoms with Gasteiger partial charge in [0.25, 0.3) is 5.91 Å². The molecule has 56 heavy (non-hydrogen) atoms. The summed E-state index contributed by atoms with van der Waals surface area (Å²) in [7, 11) is 0. The number of hydrogen-bond acceptors (Lipinski definition) is 10. The number of fused-ring (bicyclic) bond motifs is 4. The average molecular weight is 813 g/mol. The van der Waals surface area contributed by atoms with Gasteiger partial charge in [-0.1, -0.05) is 36.2 Å². The van der Waals surface area contributed by atoms with Crippen LogP contribution in [0.25, 0.3) is 5.00 Å². The van der Waals surface area contributed by atoms with E-state index in [4.69, 9.17) is 16.6 Å². The summed E-state index contributed by atoms with van der Waals surface area (Å²) in [5.41, 5.74) is 5.66. The van der Waals surface area contributed by atoms with Crippen LogP contribution >= 0.6 is 34.7 Å². The summed E-state index contributed by atoms with van der Waals surface area (Å²) in [6.07, 6.45) is 4.04. The summed E-state index contributed by atoms with van der Waals surface area (Å²) in [5.74, 6) is 1.68. The number of nitrogens with zero attached hydrogens (tertiary/aromatic N) is 7. The molecule has 2 aromatic heterocycles. The predicted octanol–water partition coefficient (Wildman–Crippen LogP) is 6.06. The van der Waals surface area contributed by atoms with Crippen LogP contribution in [0, 0.1) is 20.8 Å². The van der Waals surface area contributed by atoms with E-state index < -0.39 is 12.1 Å². The Morgan fingerprint density at radius 3 is 2.54 bits per heavy atom. The molecule has 0 radical (unpaired) electrons. The van der Waals surface area contributed by atoms with E-state index in [1.807, 2.05) is 48.2 Å². The average Bonchev–Trinajstić information content (AvgIpc) is 3.80. The molecule has 0 aliphatic carbocycles. The molecule has 1 N–H and O–H groups in total. The molecule has 8 rings (SSSR count). The number of rotatable bonds is 11. The number of aromatic nitrogens is 3. The molecule has 0 spiro atoms. The standard InChI is InChI=1S/C41H45ClN8O4S2/c1-24-25(2)56-41-36(24)37(27-10-12-28(42)13-11-27)43-31(38-46-45-26(3)50(38)41)22-35(52)48-19-17-47(18-20-48)16-5-4-6-21-55-33-9-7-8-29-30(33)23-49(40(29)54)32-14-15-34(51)44-39(32)53/h7-13,31-32H,4-6,14-23H2,1-3H3,(H,44,51,53)/t31-,32?/m0/s1. The zero-order chi connectivity index (χ0) is 39.1. The Morgan fingerprint density at radius 1 is 0.982 bits per heavy atom. The van der Waals surface area contributed by atoms with E-state index >= 15 is 0 Å². The number of carbonyl (C=O) groups excluding carboxylic acids is 4. The molecule has 2 atom stereocenters. The molecule has 292 valence electrons. The van der Waals surface area contributed by atoms with Crippen LogP contribution in [0.15, 0.2) is 52.4 Å². The van der Waals surface area contributed by atoms with Gasteiger partial charge in [0, 0.05) is 70.6 Å². The first-order valence-electron chi connectivity index (χ1n) is 19.3. The maximum absolute atomic E-state index is 13.9. The van der Waals surface area contributed by atoms with Gasteiger partial charge in [-0.3, -0.25) is 39.0 Å². The smallest absolute Gasteiger partial charge is 0.255 e. The van der Waals surface area contributed by atoms with Gasteiger partial charge in [-0.15, -0.1) is 33.3 Å². The lowest BCUT2D eigenvalue weighted by molar-refractivity contribution is -0.137. The first-order valence-corrected chi connectivity index (χ1v) is 21.5. The molecule has 6 heterocycles. The van der Waals surface area contributed by atoms with Crippen LogP contribution in [-0.4, -0.2) is 103 Å². The maximum atomic E-state index is 13.9. The Balaban J connectivity index is 0.826. The minimum absolute atomic E-state index is 0.0746. The summed E-state index contributed by atoms with van der Waals surface area (Å²) in [6.45, 7) is 10.6. The zero-order valence-corrected chi connectivity index (χ0v) is 34.2. The van der Waals surface area contributed by atoms with Gasteiger partial charge in [0.15, 0.2) is 5.82 Å². The number of thiophene rings is 1. The van der Waals surface area contributed by atoms with Gasteiger partial charge in [-0.05, 0) is 87.7 Å². The van der Waals surface area contributed by atoms with Crippen molar-refractivity contribution >= 4 is 64.0 Å². The minimum Gasteiger partial charge on any atom is -0.340 e. The molecule has 2 aromatic carbocycles. The quantitative estimate of drug-likeness (QED) is 0.110. The number of amides is 4. The van der Waals surface area contributed by atoms with Crippen molar-refractivity contribution < 1.29 is 19.2 Å². The fraction of sp³-hybridized carbons (Fsp3) is 0.439. The molecule has 0 bridgehead atoms. The van der Waals surface area contributed by atoms with Crippen LogP contribution in [0.1, 0.15) is 93.7 Å². The number of benzene rings is 2. The number of piperidine rings is 1. The molecule has 4 amide bonds. The third-order valence-electron chi connectivity index (χ3n) is 11.4. The van der Waals surface area contributed by atoms with Gasteiger partial charge in [-0.25, -0.2) is 0 Å². The van der Waals surface area contributed by atoms with E-state index in [9.17, 15) is 19.2 Å². The maximum Gasteiger partial charge on any atom is 0.255 e. The lowest BCUT2D eigenvalue weighted by atomic mass is 9.99. The van der Waals surface area contributed by atoms with Crippen LogP contribution in [0.3, 0.4) is 0 Å². The first-order chi connectivity index (χ1) is 27.1. The van der Waals surface area contributed by atoms with Crippen LogP contribution in [0.4, 0.5) is 0 Å². The molecule has 4 aromatic rings. The Labute approximate surface area is 339 Å². The first kappa shape index (κ1) is 38.5. The van der Waals surface area contributed by atoms with E-state index in [1.54, 1.807) is 28.0 Å². The molecular formula is C41H45ClN8O4S2. The number of thioether (sulfide) groups is 1. The normalized spacial score (nSPS) is 19.7. The van der Waals surface area contributed by atoms with Crippen molar-refractivity contribution in [1.82, 2.24) is 34.8 Å². The number of nitrogens with one attached hydrogen (secondary N) is 1. The zero-order valence-electron chi connectivity index (χ0n) is 31.8. The van der Waals surface area contributed by atoms with Crippen molar-refractivity contribution in [3.05, 3.63) is 91.8 Å². The van der Waals surface area contributed by atoms with Gasteiger partial charge in [0.1, 0.15) is 22.9 Å². The molecule has 12 nitrogen and oxygen atoms in total. The molecule has 1 unspecified atom stereocenters. The molecule has 2 fully saturated rings. The van der Waals surface area contributed by atoms with E-state index in [0.717, 1.165) is 88.3 Å². The lowest BCUT2D eigenvalue weighted by Gasteiger charge is -2.35. The summed E-state index contributed by atoms with van der Waals surface area (Å²) in [4.78, 5) is 64.8. The number of aliphatic imine (C=N–C) groups is 1. The van der Waals surface area contributed by atoms with Gasteiger partial charge >= 0.3 is 0 Å². The number of unbranched alkanes of at least 4 members (excludes halogenated alkanes) is 2. The number of piperazine rings is 1. The summed E-state index contributed by atoms with van der Waals surface area (Å²) in [5, 5.41) is 13.1. The summed E-state index contributed by atoms with van der Waals surface area (Å²) < 4.78 is 2.09. The predicted molar refractivity (Wildman–Crippen MR) is 218 cm³/mol.